The van der Waals surface area contributed by atoms with Gasteiger partial charge in [0.25, 0.3) is 5.69 Å². The first-order valence-corrected chi connectivity index (χ1v) is 10.3. The number of nitrogens with zero attached hydrogens (tertiary/aromatic N) is 6. The first kappa shape index (κ1) is 21.2. The van der Waals surface area contributed by atoms with Crippen LogP contribution in [-0.4, -0.2) is 24.3 Å². The van der Waals surface area contributed by atoms with Gasteiger partial charge in [0, 0.05) is 18.5 Å². The predicted molar refractivity (Wildman–Crippen MR) is 113 cm³/mol. The lowest BCUT2D eigenvalue weighted by Crippen LogP contribution is -2.07. The summed E-state index contributed by atoms with van der Waals surface area (Å²) in [6.45, 7) is 4.95. The molecule has 2 heterocycles. The summed E-state index contributed by atoms with van der Waals surface area (Å²) in [4.78, 5) is 15.3. The van der Waals surface area contributed by atoms with Gasteiger partial charge in [0.1, 0.15) is 17.6 Å². The molecule has 0 bridgehead atoms. The number of aromatic nitrogens is 4. The van der Waals surface area contributed by atoms with Crippen LogP contribution in [0.2, 0.25) is 0 Å². The second-order valence-electron chi connectivity index (χ2n) is 7.30. The second kappa shape index (κ2) is 9.83. The summed E-state index contributed by atoms with van der Waals surface area (Å²) in [6.07, 6.45) is 7.55. The summed E-state index contributed by atoms with van der Waals surface area (Å²) in [5.74, 6) is 1.91. The summed E-state index contributed by atoms with van der Waals surface area (Å²) < 4.78 is 3.52. The van der Waals surface area contributed by atoms with Crippen molar-refractivity contribution >= 4 is 5.69 Å². The molecule has 0 atom stereocenters. The monoisotopic (exact) mass is 406 g/mol. The Morgan fingerprint density at radius 1 is 1.13 bits per heavy atom. The van der Waals surface area contributed by atoms with Crippen LogP contribution >= 0.6 is 0 Å². The van der Waals surface area contributed by atoms with Gasteiger partial charge in [-0.25, -0.2) is 9.67 Å². The molecule has 0 N–H and O–H groups in total. The maximum atomic E-state index is 11.0. The molecule has 156 valence electrons. The molecule has 0 unspecified atom stereocenters. The zero-order valence-electron chi connectivity index (χ0n) is 17.4. The third kappa shape index (κ3) is 4.92. The highest BCUT2D eigenvalue weighted by Crippen LogP contribution is 2.21. The normalized spacial score (nSPS) is 10.8. The average molecular weight is 406 g/mol. The molecule has 3 rings (SSSR count). The van der Waals surface area contributed by atoms with E-state index in [0.717, 1.165) is 55.7 Å². The van der Waals surface area contributed by atoms with Gasteiger partial charge in [-0.15, -0.1) is 0 Å². The largest absolute Gasteiger partial charge is 0.301 e. The number of benzene rings is 1. The SMILES string of the molecule is CCCCc1nc(CCCC)n(Cc2ccc(-n3cc([N+](=O)[O-])cc3C#N)cc2)n1. The molecule has 8 heteroatoms. The van der Waals surface area contributed by atoms with Crippen LogP contribution in [0.1, 0.15) is 62.4 Å². The lowest BCUT2D eigenvalue weighted by Gasteiger charge is -2.08. The molecule has 0 fully saturated rings. The van der Waals surface area contributed by atoms with E-state index in [0.29, 0.717) is 12.2 Å². The van der Waals surface area contributed by atoms with E-state index >= 15 is 0 Å². The van der Waals surface area contributed by atoms with Crippen molar-refractivity contribution in [2.45, 2.75) is 58.9 Å². The Morgan fingerprint density at radius 2 is 1.83 bits per heavy atom. The van der Waals surface area contributed by atoms with E-state index in [1.54, 1.807) is 0 Å². The van der Waals surface area contributed by atoms with Gasteiger partial charge >= 0.3 is 0 Å². The fourth-order valence-electron chi connectivity index (χ4n) is 3.30. The van der Waals surface area contributed by atoms with Crippen LogP contribution in [-0.2, 0) is 19.4 Å². The quantitative estimate of drug-likeness (QED) is 0.362. The van der Waals surface area contributed by atoms with Crippen LogP contribution in [0.4, 0.5) is 5.69 Å². The molecule has 0 aliphatic heterocycles. The minimum Gasteiger partial charge on any atom is -0.301 e. The molecule has 2 aromatic heterocycles. The van der Waals surface area contributed by atoms with Crippen LogP contribution in [0.25, 0.3) is 5.69 Å². The van der Waals surface area contributed by atoms with Crippen molar-refractivity contribution in [1.29, 1.82) is 5.26 Å². The van der Waals surface area contributed by atoms with Crippen molar-refractivity contribution in [3.05, 3.63) is 69.5 Å². The van der Waals surface area contributed by atoms with E-state index in [1.807, 2.05) is 35.0 Å². The first-order chi connectivity index (χ1) is 14.5. The van der Waals surface area contributed by atoms with Gasteiger partial charge in [0.15, 0.2) is 5.82 Å². The Hall–Kier alpha value is -3.47. The summed E-state index contributed by atoms with van der Waals surface area (Å²) in [5, 5.41) is 25.0. The lowest BCUT2D eigenvalue weighted by atomic mass is 10.2. The molecule has 0 spiro atoms. The molecule has 0 aliphatic rings. The number of nitriles is 1. The number of unbranched alkanes of at least 4 members (excludes halogenated alkanes) is 2. The second-order valence-corrected chi connectivity index (χ2v) is 7.30. The third-order valence-electron chi connectivity index (χ3n) is 4.98. The minimum atomic E-state index is -0.496. The van der Waals surface area contributed by atoms with Gasteiger partial charge in [-0.05, 0) is 30.5 Å². The Kier molecular flexibility index (Phi) is 6.96. The molecule has 1 aromatic carbocycles. The van der Waals surface area contributed by atoms with Crippen molar-refractivity contribution in [1.82, 2.24) is 19.3 Å². The van der Waals surface area contributed by atoms with Crippen molar-refractivity contribution in [3.8, 4) is 11.8 Å². The van der Waals surface area contributed by atoms with Gasteiger partial charge in [0.05, 0.1) is 23.7 Å². The van der Waals surface area contributed by atoms with Gasteiger partial charge in [-0.3, -0.25) is 10.1 Å². The Morgan fingerprint density at radius 3 is 2.47 bits per heavy atom. The molecule has 30 heavy (non-hydrogen) atoms. The molecule has 0 saturated carbocycles. The zero-order chi connectivity index (χ0) is 21.5. The van der Waals surface area contributed by atoms with Crippen molar-refractivity contribution < 1.29 is 4.92 Å². The third-order valence-corrected chi connectivity index (χ3v) is 4.98. The molecule has 0 saturated heterocycles. The van der Waals surface area contributed by atoms with Gasteiger partial charge in [0.2, 0.25) is 0 Å². The Bertz CT molecular complexity index is 1040. The molecule has 0 radical (unpaired) electrons. The first-order valence-electron chi connectivity index (χ1n) is 10.3. The van der Waals surface area contributed by atoms with Crippen molar-refractivity contribution in [3.63, 3.8) is 0 Å². The number of hydrogen-bond acceptors (Lipinski definition) is 5. The number of nitro groups is 1. The summed E-state index contributed by atoms with van der Waals surface area (Å²) in [6, 6.07) is 10.9. The maximum absolute atomic E-state index is 11.0. The number of aryl methyl sites for hydroxylation is 2. The smallest absolute Gasteiger partial charge is 0.288 e. The standard InChI is InChI=1S/C22H26N6O2/c1-3-5-7-21-24-22(8-6-4-2)27(25-21)15-17-9-11-18(12-10-17)26-16-20(28(29)30)13-19(26)14-23/h9-13,16H,3-8,15H2,1-2H3. The topological polar surface area (TPSA) is 103 Å². The predicted octanol–water partition coefficient (Wildman–Crippen LogP) is 4.58. The summed E-state index contributed by atoms with van der Waals surface area (Å²) >= 11 is 0. The minimum absolute atomic E-state index is 0.0987. The van der Waals surface area contributed by atoms with Crippen LogP contribution in [0.3, 0.4) is 0 Å². The van der Waals surface area contributed by atoms with Crippen LogP contribution < -0.4 is 0 Å². The summed E-state index contributed by atoms with van der Waals surface area (Å²) in [7, 11) is 0. The van der Waals surface area contributed by atoms with Crippen LogP contribution in [0.5, 0.6) is 0 Å². The average Bonchev–Trinajstić information content (AvgIpc) is 3.35. The highest BCUT2D eigenvalue weighted by molar-refractivity contribution is 5.46. The van der Waals surface area contributed by atoms with E-state index in [4.69, 9.17) is 10.1 Å². The van der Waals surface area contributed by atoms with E-state index in [1.165, 1.54) is 16.8 Å². The van der Waals surface area contributed by atoms with E-state index < -0.39 is 4.92 Å². The van der Waals surface area contributed by atoms with Crippen LogP contribution in [0.15, 0.2) is 36.5 Å². The Labute approximate surface area is 175 Å². The lowest BCUT2D eigenvalue weighted by molar-refractivity contribution is -0.384. The highest BCUT2D eigenvalue weighted by atomic mass is 16.6. The molecule has 0 amide bonds. The highest BCUT2D eigenvalue weighted by Gasteiger charge is 2.15. The fourth-order valence-corrected chi connectivity index (χ4v) is 3.30. The molecule has 8 nitrogen and oxygen atoms in total. The van der Waals surface area contributed by atoms with Crippen LogP contribution in [0, 0.1) is 21.4 Å². The van der Waals surface area contributed by atoms with E-state index in [2.05, 4.69) is 13.8 Å². The Balaban J connectivity index is 1.81. The molecule has 3 aromatic rings. The van der Waals surface area contributed by atoms with Crippen molar-refractivity contribution in [2.24, 2.45) is 0 Å². The fraction of sp³-hybridized carbons (Fsp3) is 0.409. The number of rotatable bonds is 10. The van der Waals surface area contributed by atoms with Gasteiger partial charge in [-0.1, -0.05) is 38.8 Å². The van der Waals surface area contributed by atoms with Gasteiger partial charge < -0.3 is 4.57 Å². The van der Waals surface area contributed by atoms with E-state index in [9.17, 15) is 15.4 Å². The summed E-state index contributed by atoms with van der Waals surface area (Å²) in [5.41, 5.74) is 1.90. The zero-order valence-corrected chi connectivity index (χ0v) is 17.4. The maximum Gasteiger partial charge on any atom is 0.288 e. The van der Waals surface area contributed by atoms with Crippen molar-refractivity contribution in [2.75, 3.05) is 0 Å². The van der Waals surface area contributed by atoms with E-state index in [-0.39, 0.29) is 11.4 Å². The number of hydrogen-bond donors (Lipinski definition) is 0. The van der Waals surface area contributed by atoms with Gasteiger partial charge in [-0.2, -0.15) is 10.4 Å². The molecular formula is C22H26N6O2. The molecular weight excluding hydrogens is 380 g/mol. The molecule has 0 aliphatic carbocycles.